The third-order valence-corrected chi connectivity index (χ3v) is 7.20. The lowest BCUT2D eigenvalue weighted by atomic mass is 10.0. The lowest BCUT2D eigenvalue weighted by Gasteiger charge is -2.39. The predicted molar refractivity (Wildman–Crippen MR) is 136 cm³/mol. The molecule has 0 aromatic rings. The average Bonchev–Trinajstić information content (AvgIpc) is 3.19. The molecule has 1 heterocycles. The molecule has 0 radical (unpaired) electrons. The third kappa shape index (κ3) is 12.1. The van der Waals surface area contributed by atoms with Crippen LogP contribution < -0.4 is 5.32 Å². The van der Waals surface area contributed by atoms with Gasteiger partial charge in [-0.05, 0) is 39.0 Å². The van der Waals surface area contributed by atoms with Crippen LogP contribution in [-0.4, -0.2) is 28.5 Å². The number of rotatable bonds is 21. The van der Waals surface area contributed by atoms with Crippen LogP contribution in [0.4, 0.5) is 0 Å². The first-order valence-corrected chi connectivity index (χ1v) is 13.8. The number of allylic oxidation sites excluding steroid dienone is 2. The Morgan fingerprint density at radius 1 is 0.774 bits per heavy atom. The van der Waals surface area contributed by atoms with Crippen molar-refractivity contribution in [2.75, 3.05) is 6.54 Å². The summed E-state index contributed by atoms with van der Waals surface area (Å²) in [5.41, 5.74) is 0. The molecular formula is C28H55N2O+. The third-order valence-electron chi connectivity index (χ3n) is 7.20. The van der Waals surface area contributed by atoms with E-state index in [1.165, 1.54) is 109 Å². The van der Waals surface area contributed by atoms with Crippen LogP contribution in [0.3, 0.4) is 0 Å². The van der Waals surface area contributed by atoms with Crippen molar-refractivity contribution >= 4 is 0 Å². The Labute approximate surface area is 195 Å². The lowest BCUT2D eigenvalue weighted by molar-refractivity contribution is -0.942. The molecule has 2 N–H and O–H groups in total. The second-order valence-corrected chi connectivity index (χ2v) is 9.73. The molecule has 0 bridgehead atoms. The summed E-state index contributed by atoms with van der Waals surface area (Å²) in [6.07, 6.45) is 33.5. The fourth-order valence-electron chi connectivity index (χ4n) is 4.95. The zero-order chi connectivity index (χ0) is 22.6. The molecule has 0 aliphatic carbocycles. The Balaban J connectivity index is 1.85. The van der Waals surface area contributed by atoms with Crippen molar-refractivity contribution in [2.45, 2.75) is 149 Å². The summed E-state index contributed by atoms with van der Waals surface area (Å²) >= 11 is 0. The molecular weight excluding hydrogens is 380 g/mol. The van der Waals surface area contributed by atoms with Gasteiger partial charge in [0.25, 0.3) is 0 Å². The molecule has 0 amide bonds. The number of hydrogen-bond acceptors (Lipinski definition) is 2. The molecule has 3 heteroatoms. The Kier molecular flexibility index (Phi) is 17.1. The van der Waals surface area contributed by atoms with E-state index in [-0.39, 0.29) is 6.23 Å². The minimum absolute atomic E-state index is 0.337. The average molecular weight is 436 g/mol. The van der Waals surface area contributed by atoms with Gasteiger partial charge >= 0.3 is 0 Å². The summed E-state index contributed by atoms with van der Waals surface area (Å²) in [6, 6.07) is 0. The van der Waals surface area contributed by atoms with E-state index in [1.807, 2.05) is 13.1 Å². The Hall–Kier alpha value is -0.800. The molecule has 1 aliphatic rings. The summed E-state index contributed by atoms with van der Waals surface area (Å²) < 4.78 is 0.674. The fraction of sp³-hybridized carbons (Fsp3) is 0.857. The first-order chi connectivity index (χ1) is 15.2. The highest BCUT2D eigenvalue weighted by Crippen LogP contribution is 2.26. The number of aliphatic hydroxyl groups excluding tert-OH is 1. The van der Waals surface area contributed by atoms with E-state index in [0.717, 1.165) is 13.0 Å². The topological polar surface area (TPSA) is 32.3 Å². The molecule has 0 aromatic carbocycles. The Bertz CT molecular complexity index is 460. The Morgan fingerprint density at radius 3 is 1.74 bits per heavy atom. The van der Waals surface area contributed by atoms with Crippen LogP contribution in [0.2, 0.25) is 0 Å². The monoisotopic (exact) mass is 435 g/mol. The van der Waals surface area contributed by atoms with Crippen LogP contribution in [0, 0.1) is 0 Å². The Morgan fingerprint density at radius 2 is 1.26 bits per heavy atom. The van der Waals surface area contributed by atoms with E-state index in [2.05, 4.69) is 37.5 Å². The minimum Gasteiger partial charge on any atom is -0.345 e. The van der Waals surface area contributed by atoms with E-state index in [9.17, 15) is 5.11 Å². The van der Waals surface area contributed by atoms with E-state index in [0.29, 0.717) is 10.6 Å². The first-order valence-electron chi connectivity index (χ1n) is 13.8. The zero-order valence-electron chi connectivity index (χ0n) is 21.3. The van der Waals surface area contributed by atoms with Gasteiger partial charge in [0.2, 0.25) is 0 Å². The second kappa shape index (κ2) is 18.7. The number of quaternary nitrogens is 1. The molecule has 0 spiro atoms. The molecule has 182 valence electrons. The summed E-state index contributed by atoms with van der Waals surface area (Å²) in [7, 11) is 0. The summed E-state index contributed by atoms with van der Waals surface area (Å²) in [5, 5.41) is 13.7. The molecule has 31 heavy (non-hydrogen) atoms. The van der Waals surface area contributed by atoms with E-state index >= 15 is 0 Å². The molecule has 3 nitrogen and oxygen atoms in total. The van der Waals surface area contributed by atoms with Crippen molar-refractivity contribution < 1.29 is 9.59 Å². The molecule has 0 saturated heterocycles. The summed E-state index contributed by atoms with van der Waals surface area (Å²) in [4.78, 5) is 0. The van der Waals surface area contributed by atoms with Crippen LogP contribution in [0.15, 0.2) is 24.6 Å². The van der Waals surface area contributed by atoms with Gasteiger partial charge in [-0.3, -0.25) is 4.48 Å². The maximum absolute atomic E-state index is 10.2. The molecule has 0 aromatic heterocycles. The van der Waals surface area contributed by atoms with Crippen molar-refractivity contribution in [1.82, 2.24) is 5.32 Å². The van der Waals surface area contributed by atoms with Crippen LogP contribution >= 0.6 is 0 Å². The largest absolute Gasteiger partial charge is 0.345 e. The molecule has 3 unspecified atom stereocenters. The normalized spacial score (nSPS) is 21.7. The maximum Gasteiger partial charge on any atom is 0.193 e. The predicted octanol–water partition coefficient (Wildman–Crippen LogP) is 8.16. The van der Waals surface area contributed by atoms with Gasteiger partial charge < -0.3 is 10.4 Å². The van der Waals surface area contributed by atoms with Crippen LogP contribution in [0.25, 0.3) is 0 Å². The molecule has 1 aliphatic heterocycles. The van der Waals surface area contributed by atoms with Crippen molar-refractivity contribution in [3.63, 3.8) is 0 Å². The van der Waals surface area contributed by atoms with Crippen molar-refractivity contribution in [2.24, 2.45) is 0 Å². The molecule has 0 fully saturated rings. The SMILES string of the molecule is CCCCCCCCC/C=C/CCCCCCCCCCC1NC=C[N+]1(CC)C(C)O. The van der Waals surface area contributed by atoms with Crippen molar-refractivity contribution in [1.29, 1.82) is 0 Å². The molecule has 1 rings (SSSR count). The summed E-state index contributed by atoms with van der Waals surface area (Å²) in [6.45, 7) is 7.32. The highest BCUT2D eigenvalue weighted by atomic mass is 16.3. The zero-order valence-corrected chi connectivity index (χ0v) is 21.3. The van der Waals surface area contributed by atoms with E-state index < -0.39 is 0 Å². The van der Waals surface area contributed by atoms with Crippen LogP contribution in [-0.2, 0) is 0 Å². The number of nitrogens with zero attached hydrogens (tertiary/aromatic N) is 1. The van der Waals surface area contributed by atoms with Gasteiger partial charge in [-0.1, -0.05) is 96.1 Å². The van der Waals surface area contributed by atoms with Gasteiger partial charge in [-0.25, -0.2) is 0 Å². The van der Waals surface area contributed by atoms with Gasteiger partial charge in [0.1, 0.15) is 6.20 Å². The van der Waals surface area contributed by atoms with Crippen molar-refractivity contribution in [3.05, 3.63) is 24.6 Å². The van der Waals surface area contributed by atoms with Crippen LogP contribution in [0.1, 0.15) is 136 Å². The lowest BCUT2D eigenvalue weighted by Crippen LogP contribution is -2.57. The number of aliphatic hydroxyl groups is 1. The fourth-order valence-corrected chi connectivity index (χ4v) is 4.95. The maximum atomic E-state index is 10.2. The quantitative estimate of drug-likeness (QED) is 0.108. The standard InChI is InChI=1S/C28H55N2O/c1-4-6-7-8-9-10-11-12-13-14-15-16-17-18-19-20-21-22-23-24-28-29-25-26-30(28,5-2)27(3)31/h13-14,25-29,31H,4-12,15-24H2,1-3H3/q+1/b14-13+. The van der Waals surface area contributed by atoms with Crippen LogP contribution in [0.5, 0.6) is 0 Å². The highest BCUT2D eigenvalue weighted by Gasteiger charge is 2.40. The smallest absolute Gasteiger partial charge is 0.193 e. The molecule has 3 atom stereocenters. The minimum atomic E-state index is -0.337. The van der Waals surface area contributed by atoms with Gasteiger partial charge in [-0.15, -0.1) is 0 Å². The van der Waals surface area contributed by atoms with Gasteiger partial charge in [0, 0.05) is 13.3 Å². The van der Waals surface area contributed by atoms with Gasteiger partial charge in [0.05, 0.1) is 12.7 Å². The van der Waals surface area contributed by atoms with Gasteiger partial charge in [-0.2, -0.15) is 0 Å². The van der Waals surface area contributed by atoms with Gasteiger partial charge in [0.15, 0.2) is 12.4 Å². The van der Waals surface area contributed by atoms with Crippen molar-refractivity contribution in [3.8, 4) is 0 Å². The van der Waals surface area contributed by atoms with E-state index in [4.69, 9.17) is 0 Å². The number of unbranched alkanes of at least 4 members (excludes halogenated alkanes) is 15. The first kappa shape index (κ1) is 28.2. The van der Waals surface area contributed by atoms with E-state index in [1.54, 1.807) is 0 Å². The number of hydrogen-bond donors (Lipinski definition) is 2. The second-order valence-electron chi connectivity index (χ2n) is 9.73. The number of nitrogens with one attached hydrogen (secondary N) is 1. The molecule has 0 saturated carbocycles. The summed E-state index contributed by atoms with van der Waals surface area (Å²) in [5.74, 6) is 0. The highest BCUT2D eigenvalue weighted by molar-refractivity contribution is 4.84.